The molecule has 0 radical (unpaired) electrons. The van der Waals surface area contributed by atoms with Crippen LogP contribution in [0.4, 0.5) is 0 Å². The van der Waals surface area contributed by atoms with Crippen molar-refractivity contribution in [3.63, 3.8) is 0 Å². The maximum absolute atomic E-state index is 12.5. The Kier molecular flexibility index (Phi) is 57.8. The summed E-state index contributed by atoms with van der Waals surface area (Å²) in [6.07, 6.45) is 87.7. The monoisotopic (exact) mass is 960 g/mol. The largest absolute Gasteiger partial charge is 0.394 e. The van der Waals surface area contributed by atoms with E-state index in [1.165, 1.54) is 218 Å². The van der Waals surface area contributed by atoms with E-state index in [-0.39, 0.29) is 12.5 Å². The highest BCUT2D eigenvalue weighted by Gasteiger charge is 2.18. The SMILES string of the molecule is CC/C=C\C/C=C\C/C=C\C/C=C\C/C=C\CCCCCCCCCCCCCCCCCCCCCCCCCC(=O)NC(CO)C(O)/C=C/CC/C=C/CCCCCCCCCCCCCC. The topological polar surface area (TPSA) is 69.6 Å². The van der Waals surface area contributed by atoms with Gasteiger partial charge in [0.1, 0.15) is 0 Å². The van der Waals surface area contributed by atoms with Crippen LogP contribution in [0.5, 0.6) is 0 Å². The second-order valence-electron chi connectivity index (χ2n) is 20.4. The van der Waals surface area contributed by atoms with Gasteiger partial charge in [-0.1, -0.05) is 304 Å². The van der Waals surface area contributed by atoms with E-state index >= 15 is 0 Å². The molecule has 0 bridgehead atoms. The Morgan fingerprint density at radius 2 is 0.652 bits per heavy atom. The van der Waals surface area contributed by atoms with Gasteiger partial charge in [-0.05, 0) is 77.0 Å². The molecule has 0 saturated carbocycles. The van der Waals surface area contributed by atoms with Crippen LogP contribution in [0.3, 0.4) is 0 Å². The van der Waals surface area contributed by atoms with Crippen LogP contribution in [-0.2, 0) is 4.79 Å². The first-order valence-corrected chi connectivity index (χ1v) is 30.3. The average molecular weight is 961 g/mol. The van der Waals surface area contributed by atoms with Crippen LogP contribution in [-0.4, -0.2) is 34.9 Å². The third-order valence-electron chi connectivity index (χ3n) is 13.6. The van der Waals surface area contributed by atoms with Gasteiger partial charge in [0.2, 0.25) is 5.91 Å². The summed E-state index contributed by atoms with van der Waals surface area (Å²) in [4.78, 5) is 12.5. The minimum atomic E-state index is -0.864. The van der Waals surface area contributed by atoms with Crippen LogP contribution in [0.1, 0.15) is 303 Å². The van der Waals surface area contributed by atoms with E-state index in [0.29, 0.717) is 6.42 Å². The Morgan fingerprint density at radius 1 is 0.362 bits per heavy atom. The summed E-state index contributed by atoms with van der Waals surface area (Å²) in [5.74, 6) is -0.0706. The van der Waals surface area contributed by atoms with Crippen molar-refractivity contribution in [3.8, 4) is 0 Å². The van der Waals surface area contributed by atoms with Crippen LogP contribution in [0.2, 0.25) is 0 Å². The molecule has 0 rings (SSSR count). The highest BCUT2D eigenvalue weighted by Crippen LogP contribution is 2.17. The Balaban J connectivity index is 3.46. The minimum absolute atomic E-state index is 0.0706. The number of aliphatic hydroxyl groups is 2. The molecule has 0 aromatic rings. The number of carbonyl (C=O) groups is 1. The number of hydrogen-bond donors (Lipinski definition) is 3. The van der Waals surface area contributed by atoms with E-state index in [1.807, 2.05) is 6.08 Å². The minimum Gasteiger partial charge on any atom is -0.394 e. The zero-order valence-corrected chi connectivity index (χ0v) is 46.1. The fraction of sp³-hybridized carbons (Fsp3) is 0.769. The summed E-state index contributed by atoms with van der Waals surface area (Å²) in [5.41, 5.74) is 0. The van der Waals surface area contributed by atoms with Crippen molar-refractivity contribution in [2.75, 3.05) is 6.61 Å². The molecule has 3 N–H and O–H groups in total. The molecule has 4 heteroatoms. The predicted octanol–water partition coefficient (Wildman–Crippen LogP) is 20.3. The van der Waals surface area contributed by atoms with Gasteiger partial charge in [-0.2, -0.15) is 0 Å². The van der Waals surface area contributed by atoms with Crippen LogP contribution in [0.25, 0.3) is 0 Å². The van der Waals surface area contributed by atoms with Gasteiger partial charge < -0.3 is 15.5 Å². The van der Waals surface area contributed by atoms with Gasteiger partial charge in [0.25, 0.3) is 0 Å². The first kappa shape index (κ1) is 66.6. The maximum Gasteiger partial charge on any atom is 0.220 e. The summed E-state index contributed by atoms with van der Waals surface area (Å²) in [6, 6.07) is -0.640. The van der Waals surface area contributed by atoms with Crippen molar-refractivity contribution in [1.29, 1.82) is 0 Å². The lowest BCUT2D eigenvalue weighted by Gasteiger charge is -2.19. The molecule has 0 aliphatic rings. The van der Waals surface area contributed by atoms with Gasteiger partial charge >= 0.3 is 0 Å². The van der Waals surface area contributed by atoms with Crippen molar-refractivity contribution >= 4 is 5.91 Å². The second kappa shape index (κ2) is 59.9. The molecule has 2 atom stereocenters. The van der Waals surface area contributed by atoms with Gasteiger partial charge in [-0.15, -0.1) is 0 Å². The van der Waals surface area contributed by atoms with Gasteiger partial charge in [0.05, 0.1) is 18.8 Å². The van der Waals surface area contributed by atoms with Crippen LogP contribution < -0.4 is 5.32 Å². The van der Waals surface area contributed by atoms with Gasteiger partial charge in [0, 0.05) is 6.42 Å². The molecule has 0 aliphatic carbocycles. The van der Waals surface area contributed by atoms with Gasteiger partial charge in [-0.3, -0.25) is 4.79 Å². The lowest BCUT2D eigenvalue weighted by molar-refractivity contribution is -0.123. The number of allylic oxidation sites excluding steroid dienone is 13. The number of hydrogen-bond acceptors (Lipinski definition) is 3. The second-order valence-corrected chi connectivity index (χ2v) is 20.4. The maximum atomic E-state index is 12.5. The molecule has 0 saturated heterocycles. The number of aliphatic hydroxyl groups excluding tert-OH is 2. The normalized spacial score (nSPS) is 13.4. The Labute approximate surface area is 431 Å². The molecular formula is C65H117NO3. The average Bonchev–Trinajstić information content (AvgIpc) is 3.35. The van der Waals surface area contributed by atoms with Gasteiger partial charge in [-0.25, -0.2) is 0 Å². The standard InChI is InChI=1S/C65H117NO3/c1-3-5-7-9-11-13-15-17-19-21-23-24-25-26-27-28-29-30-31-32-33-34-35-36-37-38-39-40-41-42-43-45-47-49-51-53-55-57-59-61-65(69)66-63(62-67)64(68)60-58-56-54-52-50-48-46-44-22-20-18-16-14-12-10-8-6-4-2/h5,7,11,13,17,19,23-24,26-27,50,52,58,60,63-64,67-68H,3-4,6,8-10,12,14-16,18,20-22,25,28-49,51,53-57,59,61-62H2,1-2H3,(H,66,69)/b7-5-,13-11-,19-17-,24-23-,27-26-,52-50+,60-58+. The molecule has 0 aromatic carbocycles. The third kappa shape index (κ3) is 56.4. The van der Waals surface area contributed by atoms with Crippen molar-refractivity contribution in [2.45, 2.75) is 315 Å². The fourth-order valence-corrected chi connectivity index (χ4v) is 9.05. The van der Waals surface area contributed by atoms with E-state index in [0.717, 1.165) is 64.2 Å². The number of amides is 1. The van der Waals surface area contributed by atoms with Crippen molar-refractivity contribution in [3.05, 3.63) is 85.1 Å². The number of unbranched alkanes of at least 4 members (excludes halogenated alkanes) is 36. The smallest absolute Gasteiger partial charge is 0.220 e. The van der Waals surface area contributed by atoms with E-state index in [1.54, 1.807) is 6.08 Å². The molecule has 0 heterocycles. The quantitative estimate of drug-likeness (QED) is 0.0420. The zero-order chi connectivity index (χ0) is 49.9. The Morgan fingerprint density at radius 3 is 1.01 bits per heavy atom. The molecule has 69 heavy (non-hydrogen) atoms. The Hall–Kier alpha value is -2.43. The molecule has 0 aliphatic heterocycles. The predicted molar refractivity (Wildman–Crippen MR) is 308 cm³/mol. The first-order chi connectivity index (χ1) is 34.2. The van der Waals surface area contributed by atoms with E-state index in [2.05, 4.69) is 92.1 Å². The third-order valence-corrected chi connectivity index (χ3v) is 13.6. The van der Waals surface area contributed by atoms with Crippen molar-refractivity contribution in [1.82, 2.24) is 5.32 Å². The molecule has 2 unspecified atom stereocenters. The summed E-state index contributed by atoms with van der Waals surface area (Å²) in [5, 5.41) is 23.1. The number of rotatable bonds is 55. The molecule has 1 amide bonds. The molecule has 4 nitrogen and oxygen atoms in total. The number of carbonyl (C=O) groups excluding carboxylic acids is 1. The summed E-state index contributed by atoms with van der Waals surface area (Å²) in [6.45, 7) is 4.20. The van der Waals surface area contributed by atoms with Crippen LogP contribution in [0, 0.1) is 0 Å². The summed E-state index contributed by atoms with van der Waals surface area (Å²) >= 11 is 0. The van der Waals surface area contributed by atoms with Crippen LogP contribution in [0.15, 0.2) is 85.1 Å². The fourth-order valence-electron chi connectivity index (χ4n) is 9.05. The zero-order valence-electron chi connectivity index (χ0n) is 46.1. The van der Waals surface area contributed by atoms with Crippen molar-refractivity contribution < 1.29 is 15.0 Å². The van der Waals surface area contributed by atoms with E-state index < -0.39 is 12.1 Å². The van der Waals surface area contributed by atoms with Crippen molar-refractivity contribution in [2.24, 2.45) is 0 Å². The van der Waals surface area contributed by atoms with E-state index in [4.69, 9.17) is 0 Å². The highest BCUT2D eigenvalue weighted by atomic mass is 16.3. The summed E-state index contributed by atoms with van der Waals surface area (Å²) in [7, 11) is 0. The molecule has 400 valence electrons. The van der Waals surface area contributed by atoms with Gasteiger partial charge in [0.15, 0.2) is 0 Å². The van der Waals surface area contributed by atoms with E-state index in [9.17, 15) is 15.0 Å². The molecule has 0 spiro atoms. The molecule has 0 aromatic heterocycles. The molecular weight excluding hydrogens is 843 g/mol. The number of nitrogens with one attached hydrogen (secondary N) is 1. The lowest BCUT2D eigenvalue weighted by Crippen LogP contribution is -2.45. The Bertz CT molecular complexity index is 1230. The molecule has 0 fully saturated rings. The van der Waals surface area contributed by atoms with Crippen LogP contribution >= 0.6 is 0 Å². The lowest BCUT2D eigenvalue weighted by atomic mass is 10.0. The highest BCUT2D eigenvalue weighted by molar-refractivity contribution is 5.76. The first-order valence-electron chi connectivity index (χ1n) is 30.3. The summed E-state index contributed by atoms with van der Waals surface area (Å²) < 4.78 is 0.